The van der Waals surface area contributed by atoms with Gasteiger partial charge in [0.1, 0.15) is 10.8 Å². The second-order valence-electron chi connectivity index (χ2n) is 6.31. The molecule has 1 saturated heterocycles. The minimum absolute atomic E-state index is 0. The van der Waals surface area contributed by atoms with E-state index in [-0.39, 0.29) is 24.1 Å². The quantitative estimate of drug-likeness (QED) is 0.537. The molecule has 0 bridgehead atoms. The third-order valence-corrected chi connectivity index (χ3v) is 5.75. The van der Waals surface area contributed by atoms with Crippen LogP contribution in [0.1, 0.15) is 15.6 Å². The van der Waals surface area contributed by atoms with E-state index < -0.39 is 0 Å². The Morgan fingerprint density at radius 3 is 2.50 bits per heavy atom. The fraction of sp³-hybridized carbons (Fsp3) is 0.263. The van der Waals surface area contributed by atoms with Gasteiger partial charge in [-0.25, -0.2) is 9.37 Å². The fourth-order valence-electron chi connectivity index (χ4n) is 3.02. The molecule has 1 aromatic carbocycles. The number of rotatable bonds is 4. The van der Waals surface area contributed by atoms with E-state index >= 15 is 0 Å². The summed E-state index contributed by atoms with van der Waals surface area (Å²) in [5.41, 5.74) is 1.78. The smallest absolute Gasteiger partial charge is 0.289 e. The van der Waals surface area contributed by atoms with Gasteiger partial charge in [-0.15, -0.1) is 23.7 Å². The summed E-state index contributed by atoms with van der Waals surface area (Å²) in [7, 11) is 0. The molecule has 5 nitrogen and oxygen atoms in total. The lowest BCUT2D eigenvalue weighted by Crippen LogP contribution is -2.48. The Labute approximate surface area is 180 Å². The van der Waals surface area contributed by atoms with Crippen molar-refractivity contribution in [1.29, 1.82) is 0 Å². The highest BCUT2D eigenvalue weighted by molar-refractivity contribution is 9.10. The molecule has 2 aromatic heterocycles. The van der Waals surface area contributed by atoms with Gasteiger partial charge in [0.25, 0.3) is 5.91 Å². The SMILES string of the molecule is Cl.O=C(c1ccc(Br)o1)N1CCN(Cc2nc(-c3ccc(F)cc3)cs2)CC1. The molecule has 0 aliphatic carbocycles. The second kappa shape index (κ2) is 9.17. The highest BCUT2D eigenvalue weighted by Crippen LogP contribution is 2.23. The molecule has 0 N–H and O–H groups in total. The number of aromatic nitrogens is 1. The van der Waals surface area contributed by atoms with Crippen molar-refractivity contribution in [1.82, 2.24) is 14.8 Å². The second-order valence-corrected chi connectivity index (χ2v) is 8.03. The molecule has 3 aromatic rings. The highest BCUT2D eigenvalue weighted by Gasteiger charge is 2.24. The van der Waals surface area contributed by atoms with Crippen molar-refractivity contribution in [2.24, 2.45) is 0 Å². The third kappa shape index (κ3) is 4.81. The zero-order valence-electron chi connectivity index (χ0n) is 14.8. The van der Waals surface area contributed by atoms with E-state index in [4.69, 9.17) is 4.42 Å². The van der Waals surface area contributed by atoms with Gasteiger partial charge in [0.15, 0.2) is 10.4 Å². The van der Waals surface area contributed by atoms with Crippen LogP contribution < -0.4 is 0 Å². The van der Waals surface area contributed by atoms with Crippen molar-refractivity contribution in [2.75, 3.05) is 26.2 Å². The average Bonchev–Trinajstić information content (AvgIpc) is 3.32. The third-order valence-electron chi connectivity index (χ3n) is 4.49. The van der Waals surface area contributed by atoms with E-state index in [1.165, 1.54) is 12.1 Å². The van der Waals surface area contributed by atoms with Gasteiger partial charge >= 0.3 is 0 Å². The van der Waals surface area contributed by atoms with Gasteiger partial charge in [0.2, 0.25) is 0 Å². The van der Waals surface area contributed by atoms with Crippen LogP contribution in [0, 0.1) is 5.82 Å². The van der Waals surface area contributed by atoms with E-state index in [2.05, 4.69) is 25.8 Å². The molecule has 0 radical (unpaired) electrons. The zero-order chi connectivity index (χ0) is 18.8. The van der Waals surface area contributed by atoms with Crippen molar-refractivity contribution in [3.63, 3.8) is 0 Å². The molecule has 0 saturated carbocycles. The molecule has 0 spiro atoms. The number of halogens is 3. The van der Waals surface area contributed by atoms with Crippen LogP contribution >= 0.6 is 39.7 Å². The van der Waals surface area contributed by atoms with Gasteiger partial charge in [0, 0.05) is 37.1 Å². The molecule has 9 heteroatoms. The summed E-state index contributed by atoms with van der Waals surface area (Å²) in [5.74, 6) is 0.0379. The number of nitrogens with zero attached hydrogens (tertiary/aromatic N) is 3. The number of hydrogen-bond acceptors (Lipinski definition) is 5. The molecule has 1 fully saturated rings. The Hall–Kier alpha value is -1.74. The molecular formula is C19H18BrClFN3O2S. The van der Waals surface area contributed by atoms with Gasteiger partial charge in [-0.05, 0) is 52.3 Å². The van der Waals surface area contributed by atoms with Crippen LogP contribution in [-0.4, -0.2) is 46.9 Å². The van der Waals surface area contributed by atoms with Crippen LogP contribution in [0.2, 0.25) is 0 Å². The van der Waals surface area contributed by atoms with E-state index in [0.717, 1.165) is 35.9 Å². The van der Waals surface area contributed by atoms with Crippen molar-refractivity contribution in [3.05, 3.63) is 63.0 Å². The van der Waals surface area contributed by atoms with E-state index in [9.17, 15) is 9.18 Å². The number of carbonyl (C=O) groups excluding carboxylic acids is 1. The molecule has 4 rings (SSSR count). The molecule has 28 heavy (non-hydrogen) atoms. The van der Waals surface area contributed by atoms with E-state index in [1.807, 2.05) is 10.3 Å². The summed E-state index contributed by atoms with van der Waals surface area (Å²) >= 11 is 4.83. The molecule has 0 unspecified atom stereocenters. The number of amides is 1. The standard InChI is InChI=1S/C19H17BrFN3O2S.ClH/c20-17-6-5-16(26-17)19(25)24-9-7-23(8-10-24)11-18-22-15(12-27-18)13-1-3-14(21)4-2-13;/h1-6,12H,7-11H2;1H. The van der Waals surface area contributed by atoms with Crippen LogP contribution in [-0.2, 0) is 6.54 Å². The number of hydrogen-bond donors (Lipinski definition) is 0. The summed E-state index contributed by atoms with van der Waals surface area (Å²) < 4.78 is 19.0. The maximum atomic E-state index is 13.1. The highest BCUT2D eigenvalue weighted by atomic mass is 79.9. The van der Waals surface area contributed by atoms with E-state index in [0.29, 0.717) is 23.5 Å². The van der Waals surface area contributed by atoms with Crippen molar-refractivity contribution >= 4 is 45.6 Å². The Bertz CT molecular complexity index is 939. The first kappa shape index (κ1) is 21.0. The number of benzene rings is 1. The lowest BCUT2D eigenvalue weighted by molar-refractivity contribution is 0.0596. The first-order valence-electron chi connectivity index (χ1n) is 8.56. The average molecular weight is 487 g/mol. The summed E-state index contributed by atoms with van der Waals surface area (Å²) in [6.07, 6.45) is 0. The van der Waals surface area contributed by atoms with Crippen LogP contribution in [0.15, 0.2) is 50.9 Å². The maximum Gasteiger partial charge on any atom is 0.289 e. The molecule has 1 aliphatic rings. The largest absolute Gasteiger partial charge is 0.444 e. The van der Waals surface area contributed by atoms with E-state index in [1.54, 1.807) is 35.6 Å². The predicted molar refractivity (Wildman–Crippen MR) is 112 cm³/mol. The van der Waals surface area contributed by atoms with Crippen LogP contribution in [0.3, 0.4) is 0 Å². The molecular weight excluding hydrogens is 469 g/mol. The summed E-state index contributed by atoms with van der Waals surface area (Å²) in [6, 6.07) is 9.79. The van der Waals surface area contributed by atoms with Gasteiger partial charge in [0.05, 0.1) is 12.2 Å². The number of carbonyl (C=O) groups is 1. The lowest BCUT2D eigenvalue weighted by atomic mass is 10.2. The molecule has 148 valence electrons. The van der Waals surface area contributed by atoms with Gasteiger partial charge in [-0.3, -0.25) is 9.69 Å². The number of piperazine rings is 1. The van der Waals surface area contributed by atoms with Crippen molar-refractivity contribution < 1.29 is 13.6 Å². The molecule has 3 heterocycles. The summed E-state index contributed by atoms with van der Waals surface area (Å²) in [5, 5.41) is 3.01. The zero-order valence-corrected chi connectivity index (χ0v) is 18.0. The number of thiazole rings is 1. The van der Waals surface area contributed by atoms with Gasteiger partial charge < -0.3 is 9.32 Å². The lowest BCUT2D eigenvalue weighted by Gasteiger charge is -2.33. The molecule has 1 amide bonds. The van der Waals surface area contributed by atoms with Crippen LogP contribution in [0.4, 0.5) is 4.39 Å². The van der Waals surface area contributed by atoms with Crippen LogP contribution in [0.5, 0.6) is 0 Å². The maximum absolute atomic E-state index is 13.1. The summed E-state index contributed by atoms with van der Waals surface area (Å²) in [4.78, 5) is 21.2. The van der Waals surface area contributed by atoms with Crippen molar-refractivity contribution in [2.45, 2.75) is 6.54 Å². The van der Waals surface area contributed by atoms with Crippen molar-refractivity contribution in [3.8, 4) is 11.3 Å². The Balaban J connectivity index is 0.00000225. The minimum Gasteiger partial charge on any atom is -0.444 e. The summed E-state index contributed by atoms with van der Waals surface area (Å²) in [6.45, 7) is 3.65. The molecule has 1 aliphatic heterocycles. The first-order chi connectivity index (χ1) is 13.1. The van der Waals surface area contributed by atoms with Gasteiger partial charge in [-0.2, -0.15) is 0 Å². The fourth-order valence-corrected chi connectivity index (χ4v) is 4.17. The Kier molecular flexibility index (Phi) is 6.87. The monoisotopic (exact) mass is 485 g/mol. The topological polar surface area (TPSA) is 49.6 Å². The normalized spacial score (nSPS) is 14.7. The predicted octanol–water partition coefficient (Wildman–Crippen LogP) is 4.68. The molecule has 0 atom stereocenters. The van der Waals surface area contributed by atoms with Crippen LogP contribution in [0.25, 0.3) is 11.3 Å². The minimum atomic E-state index is -0.247. The Morgan fingerprint density at radius 2 is 1.86 bits per heavy atom. The number of furan rings is 1. The Morgan fingerprint density at radius 1 is 1.14 bits per heavy atom. The first-order valence-corrected chi connectivity index (χ1v) is 10.2. The van der Waals surface area contributed by atoms with Gasteiger partial charge in [-0.1, -0.05) is 0 Å².